The van der Waals surface area contributed by atoms with E-state index in [0.29, 0.717) is 13.0 Å². The second kappa shape index (κ2) is 4.11. The van der Waals surface area contributed by atoms with Crippen LogP contribution in [0.4, 0.5) is 4.79 Å². The Bertz CT molecular complexity index is 92.6. The molecule has 0 bridgehead atoms. The van der Waals surface area contributed by atoms with Crippen molar-refractivity contribution in [2.24, 2.45) is 17.2 Å². The molecule has 0 aliphatic carbocycles. The Morgan fingerprint density at radius 2 is 2.11 bits per heavy atom. The molecule has 9 heavy (non-hydrogen) atoms. The van der Waals surface area contributed by atoms with Gasteiger partial charge < -0.3 is 22.5 Å². The first-order chi connectivity index (χ1) is 4.13. The van der Waals surface area contributed by atoms with Gasteiger partial charge in [0.1, 0.15) is 0 Å². The van der Waals surface area contributed by atoms with Gasteiger partial charge in [0.05, 0.1) is 6.17 Å². The quantitative estimate of drug-likeness (QED) is 0.343. The Morgan fingerprint density at radius 1 is 1.56 bits per heavy atom. The number of carbonyl (C=O) groups excluding carboxylic acids is 1. The van der Waals surface area contributed by atoms with Gasteiger partial charge >= 0.3 is 6.03 Å². The van der Waals surface area contributed by atoms with Crippen molar-refractivity contribution in [3.63, 3.8) is 0 Å². The van der Waals surface area contributed by atoms with Crippen LogP contribution in [-0.4, -0.2) is 18.7 Å². The monoisotopic (exact) mass is 132 g/mol. The highest BCUT2D eigenvalue weighted by atomic mass is 16.2. The van der Waals surface area contributed by atoms with E-state index in [1.807, 2.05) is 0 Å². The maximum Gasteiger partial charge on any atom is 0.312 e. The molecule has 0 aromatic heterocycles. The van der Waals surface area contributed by atoms with Gasteiger partial charge in [0.25, 0.3) is 0 Å². The van der Waals surface area contributed by atoms with Crippen molar-refractivity contribution < 1.29 is 4.79 Å². The molecule has 0 spiro atoms. The molecule has 0 rings (SSSR count). The smallest absolute Gasteiger partial charge is 0.312 e. The number of rotatable bonds is 3. The van der Waals surface area contributed by atoms with E-state index in [1.54, 1.807) is 0 Å². The summed E-state index contributed by atoms with van der Waals surface area (Å²) in [6.07, 6.45) is 0.167. The maximum absolute atomic E-state index is 10.0. The summed E-state index contributed by atoms with van der Waals surface area (Å²) in [5.74, 6) is 0. The average molecular weight is 132 g/mol. The highest BCUT2D eigenvalue weighted by Gasteiger charge is 1.93. The molecule has 0 fully saturated rings. The van der Waals surface area contributed by atoms with Crippen LogP contribution in [-0.2, 0) is 0 Å². The number of hydrogen-bond acceptors (Lipinski definition) is 3. The Balaban J connectivity index is 3.01. The number of nitrogens with one attached hydrogen (secondary N) is 1. The van der Waals surface area contributed by atoms with Gasteiger partial charge in [-0.15, -0.1) is 0 Å². The molecule has 0 aliphatic rings. The number of primary amides is 1. The van der Waals surface area contributed by atoms with Gasteiger partial charge in [-0.05, 0) is 6.42 Å². The Morgan fingerprint density at radius 3 is 2.44 bits per heavy atom. The van der Waals surface area contributed by atoms with Gasteiger partial charge in [0.2, 0.25) is 0 Å². The van der Waals surface area contributed by atoms with E-state index in [0.717, 1.165) is 0 Å². The summed E-state index contributed by atoms with van der Waals surface area (Å²) in [4.78, 5) is 10.0. The first-order valence-electron chi connectivity index (χ1n) is 2.67. The third kappa shape index (κ3) is 7.19. The highest BCUT2D eigenvalue weighted by Crippen LogP contribution is 1.73. The number of carbonyl (C=O) groups is 1. The molecule has 2 amide bonds. The van der Waals surface area contributed by atoms with E-state index in [-0.39, 0.29) is 6.17 Å². The van der Waals surface area contributed by atoms with Crippen LogP contribution in [0.25, 0.3) is 0 Å². The fourth-order valence-electron chi connectivity index (χ4n) is 0.362. The van der Waals surface area contributed by atoms with Crippen molar-refractivity contribution in [2.75, 3.05) is 6.54 Å². The van der Waals surface area contributed by atoms with Gasteiger partial charge in [-0.2, -0.15) is 0 Å². The Kier molecular flexibility index (Phi) is 3.74. The van der Waals surface area contributed by atoms with Gasteiger partial charge in [-0.3, -0.25) is 0 Å². The lowest BCUT2D eigenvalue weighted by Crippen LogP contribution is -2.37. The molecule has 0 radical (unpaired) electrons. The zero-order valence-electron chi connectivity index (χ0n) is 5.13. The maximum atomic E-state index is 10.0. The topological polar surface area (TPSA) is 107 Å². The molecule has 0 saturated carbocycles. The van der Waals surface area contributed by atoms with Gasteiger partial charge in [-0.1, -0.05) is 0 Å². The number of hydrogen-bond donors (Lipinski definition) is 4. The lowest BCUT2D eigenvalue weighted by atomic mass is 10.4. The molecule has 0 aromatic carbocycles. The molecule has 5 nitrogen and oxygen atoms in total. The predicted octanol–water partition coefficient (Wildman–Crippen LogP) is -1.71. The van der Waals surface area contributed by atoms with Crippen LogP contribution in [0.3, 0.4) is 0 Å². The molecule has 7 N–H and O–H groups in total. The zero-order valence-corrected chi connectivity index (χ0v) is 5.13. The molecule has 0 saturated heterocycles. The van der Waals surface area contributed by atoms with Gasteiger partial charge in [0.15, 0.2) is 0 Å². The van der Waals surface area contributed by atoms with Crippen LogP contribution in [0, 0.1) is 0 Å². The molecule has 0 unspecified atom stereocenters. The van der Waals surface area contributed by atoms with Crippen molar-refractivity contribution in [3.05, 3.63) is 0 Å². The number of amides is 2. The van der Waals surface area contributed by atoms with Crippen LogP contribution in [0.2, 0.25) is 0 Å². The molecular formula is C4H12N4O. The van der Waals surface area contributed by atoms with E-state index >= 15 is 0 Å². The largest absolute Gasteiger partial charge is 0.352 e. The normalized spacial score (nSPS) is 9.67. The molecule has 0 aliphatic heterocycles. The minimum Gasteiger partial charge on any atom is -0.352 e. The van der Waals surface area contributed by atoms with Gasteiger partial charge in [0, 0.05) is 6.54 Å². The summed E-state index contributed by atoms with van der Waals surface area (Å²) in [5, 5.41) is 2.36. The minimum atomic E-state index is -0.546. The summed E-state index contributed by atoms with van der Waals surface area (Å²) in [5.41, 5.74) is 15.1. The van der Waals surface area contributed by atoms with Crippen LogP contribution < -0.4 is 22.5 Å². The van der Waals surface area contributed by atoms with Crippen LogP contribution in [0.1, 0.15) is 6.42 Å². The van der Waals surface area contributed by atoms with Crippen molar-refractivity contribution in [1.29, 1.82) is 0 Å². The van der Waals surface area contributed by atoms with Crippen molar-refractivity contribution in [3.8, 4) is 0 Å². The van der Waals surface area contributed by atoms with E-state index in [2.05, 4.69) is 5.32 Å². The first-order valence-corrected chi connectivity index (χ1v) is 2.67. The highest BCUT2D eigenvalue weighted by molar-refractivity contribution is 5.71. The van der Waals surface area contributed by atoms with Crippen LogP contribution >= 0.6 is 0 Å². The molecule has 5 heteroatoms. The fraction of sp³-hybridized carbons (Fsp3) is 0.750. The lowest BCUT2D eigenvalue weighted by molar-refractivity contribution is 0.248. The van der Waals surface area contributed by atoms with Crippen LogP contribution in [0.15, 0.2) is 0 Å². The SMILES string of the molecule is NC(=O)NCCC(N)N. The third-order valence-electron chi connectivity index (χ3n) is 0.777. The van der Waals surface area contributed by atoms with E-state index in [4.69, 9.17) is 17.2 Å². The second-order valence-electron chi connectivity index (χ2n) is 1.74. The minimum absolute atomic E-state index is 0.378. The summed E-state index contributed by atoms with van der Waals surface area (Å²) in [6, 6.07) is -0.546. The van der Waals surface area contributed by atoms with Crippen molar-refractivity contribution in [1.82, 2.24) is 5.32 Å². The zero-order chi connectivity index (χ0) is 7.28. The Hall–Kier alpha value is -0.810. The van der Waals surface area contributed by atoms with Gasteiger partial charge in [-0.25, -0.2) is 4.79 Å². The van der Waals surface area contributed by atoms with Crippen LogP contribution in [0.5, 0.6) is 0 Å². The van der Waals surface area contributed by atoms with E-state index in [1.165, 1.54) is 0 Å². The summed E-state index contributed by atoms with van der Waals surface area (Å²) < 4.78 is 0. The second-order valence-corrected chi connectivity index (χ2v) is 1.74. The molecule has 0 heterocycles. The fourth-order valence-corrected chi connectivity index (χ4v) is 0.362. The predicted molar refractivity (Wildman–Crippen MR) is 34.4 cm³/mol. The third-order valence-corrected chi connectivity index (χ3v) is 0.777. The summed E-state index contributed by atoms with van der Waals surface area (Å²) >= 11 is 0. The molecule has 54 valence electrons. The standard InChI is InChI=1S/C4H12N4O/c5-3(6)1-2-8-4(7)9/h3H,1-2,5-6H2,(H3,7,8,9). The van der Waals surface area contributed by atoms with E-state index < -0.39 is 6.03 Å². The molecule has 0 aromatic rings. The van der Waals surface area contributed by atoms with E-state index in [9.17, 15) is 4.79 Å². The summed E-state index contributed by atoms with van der Waals surface area (Å²) in [7, 11) is 0. The lowest BCUT2D eigenvalue weighted by Gasteiger charge is -2.03. The molecule has 0 atom stereocenters. The number of nitrogens with two attached hydrogens (primary N) is 3. The van der Waals surface area contributed by atoms with Crippen molar-refractivity contribution >= 4 is 6.03 Å². The Labute approximate surface area is 53.6 Å². The number of urea groups is 1. The summed E-state index contributed by atoms with van der Waals surface area (Å²) in [6.45, 7) is 0.438. The van der Waals surface area contributed by atoms with Crippen molar-refractivity contribution in [2.45, 2.75) is 12.6 Å². The average Bonchev–Trinajstić information content (AvgIpc) is 1.63. The first kappa shape index (κ1) is 8.19. The molecular weight excluding hydrogens is 120 g/mol.